The Bertz CT molecular complexity index is 396. The molecule has 0 bridgehead atoms. The summed E-state index contributed by atoms with van der Waals surface area (Å²) in [6.45, 7) is -0.155. The van der Waals surface area contributed by atoms with Crippen LogP contribution in [0.3, 0.4) is 0 Å². The van der Waals surface area contributed by atoms with Crippen molar-refractivity contribution in [3.63, 3.8) is 0 Å². The van der Waals surface area contributed by atoms with E-state index >= 15 is 0 Å². The van der Waals surface area contributed by atoms with E-state index in [1.165, 1.54) is 0 Å². The van der Waals surface area contributed by atoms with Crippen LogP contribution in [0, 0.1) is 23.7 Å². The van der Waals surface area contributed by atoms with Gasteiger partial charge < -0.3 is 9.84 Å². The van der Waals surface area contributed by atoms with E-state index in [2.05, 4.69) is 23.7 Å². The molecule has 0 aromatic heterocycles. The third-order valence-corrected chi connectivity index (χ3v) is 1.53. The summed E-state index contributed by atoms with van der Waals surface area (Å²) in [5.41, 5.74) is 0.873. The molecule has 1 rings (SSSR count). The van der Waals surface area contributed by atoms with Gasteiger partial charge in [-0.05, 0) is 36.1 Å². The first-order chi connectivity index (χ1) is 6.86. The van der Waals surface area contributed by atoms with E-state index in [1.807, 2.05) is 24.3 Å². The monoisotopic (exact) mass is 186 g/mol. The Morgan fingerprint density at radius 1 is 1.21 bits per heavy atom. The van der Waals surface area contributed by atoms with Gasteiger partial charge in [0.05, 0.1) is 7.11 Å². The van der Waals surface area contributed by atoms with Gasteiger partial charge in [-0.15, -0.1) is 0 Å². The van der Waals surface area contributed by atoms with E-state index in [0.717, 1.165) is 11.3 Å². The molecule has 0 aliphatic heterocycles. The van der Waals surface area contributed by atoms with E-state index in [-0.39, 0.29) is 6.61 Å². The molecule has 0 aliphatic rings. The average Bonchev–Trinajstić information content (AvgIpc) is 2.25. The number of hydrogen-bond donors (Lipinski definition) is 1. The fourth-order valence-electron chi connectivity index (χ4n) is 0.861. The van der Waals surface area contributed by atoms with Crippen LogP contribution in [0.15, 0.2) is 24.3 Å². The molecule has 2 nitrogen and oxygen atoms in total. The Morgan fingerprint density at radius 2 is 1.93 bits per heavy atom. The molecule has 0 amide bonds. The summed E-state index contributed by atoms with van der Waals surface area (Å²) in [5, 5.41) is 8.37. The molecule has 1 aromatic carbocycles. The van der Waals surface area contributed by atoms with E-state index in [1.54, 1.807) is 7.11 Å². The van der Waals surface area contributed by atoms with Gasteiger partial charge in [0.15, 0.2) is 0 Å². The zero-order valence-electron chi connectivity index (χ0n) is 7.87. The van der Waals surface area contributed by atoms with Crippen LogP contribution in [0.2, 0.25) is 0 Å². The van der Waals surface area contributed by atoms with Gasteiger partial charge in [-0.25, -0.2) is 0 Å². The van der Waals surface area contributed by atoms with Crippen LogP contribution in [0.25, 0.3) is 0 Å². The van der Waals surface area contributed by atoms with Gasteiger partial charge in [0.25, 0.3) is 0 Å². The number of hydrogen-bond acceptors (Lipinski definition) is 2. The number of benzene rings is 1. The first-order valence-corrected chi connectivity index (χ1v) is 4.10. The molecule has 0 heterocycles. The van der Waals surface area contributed by atoms with Crippen LogP contribution in [0.4, 0.5) is 0 Å². The fourth-order valence-corrected chi connectivity index (χ4v) is 0.861. The van der Waals surface area contributed by atoms with Crippen molar-refractivity contribution in [2.75, 3.05) is 13.7 Å². The highest BCUT2D eigenvalue weighted by molar-refractivity contribution is 5.42. The second kappa shape index (κ2) is 5.70. The molecule has 70 valence electrons. The second-order valence-corrected chi connectivity index (χ2v) is 2.44. The van der Waals surface area contributed by atoms with E-state index in [0.29, 0.717) is 0 Å². The highest BCUT2D eigenvalue weighted by Gasteiger charge is 1.88. The normalized spacial score (nSPS) is 7.86. The van der Waals surface area contributed by atoms with Crippen LogP contribution < -0.4 is 4.74 Å². The summed E-state index contributed by atoms with van der Waals surface area (Å²) in [6.07, 6.45) is 0. The Hall–Kier alpha value is -1.90. The maximum atomic E-state index is 8.37. The van der Waals surface area contributed by atoms with Crippen molar-refractivity contribution < 1.29 is 9.84 Å². The van der Waals surface area contributed by atoms with Crippen molar-refractivity contribution in [3.8, 4) is 29.4 Å². The third-order valence-electron chi connectivity index (χ3n) is 1.53. The van der Waals surface area contributed by atoms with Gasteiger partial charge in [-0.3, -0.25) is 0 Å². The molecule has 0 unspecified atom stereocenters. The second-order valence-electron chi connectivity index (χ2n) is 2.44. The molecule has 0 fully saturated rings. The summed E-state index contributed by atoms with van der Waals surface area (Å²) in [6, 6.07) is 7.38. The van der Waals surface area contributed by atoms with E-state index in [9.17, 15) is 0 Å². The van der Waals surface area contributed by atoms with Crippen LogP contribution in [0.1, 0.15) is 5.56 Å². The Kier molecular flexibility index (Phi) is 4.14. The smallest absolute Gasteiger partial charge is 0.118 e. The summed E-state index contributed by atoms with van der Waals surface area (Å²) in [4.78, 5) is 0. The molecular weight excluding hydrogens is 176 g/mol. The lowest BCUT2D eigenvalue weighted by Gasteiger charge is -1.96. The lowest BCUT2D eigenvalue weighted by molar-refractivity contribution is 0.350. The van der Waals surface area contributed by atoms with Crippen LogP contribution >= 0.6 is 0 Å². The third kappa shape index (κ3) is 3.23. The van der Waals surface area contributed by atoms with Crippen molar-refractivity contribution in [2.45, 2.75) is 0 Å². The van der Waals surface area contributed by atoms with Gasteiger partial charge in [0.2, 0.25) is 0 Å². The van der Waals surface area contributed by atoms with Crippen LogP contribution in [-0.2, 0) is 0 Å². The molecule has 1 aromatic rings. The molecular formula is C12H10O2. The molecule has 0 spiro atoms. The van der Waals surface area contributed by atoms with Crippen molar-refractivity contribution in [1.82, 2.24) is 0 Å². The number of rotatable bonds is 1. The molecule has 0 saturated heterocycles. The number of aliphatic hydroxyl groups excluding tert-OH is 1. The van der Waals surface area contributed by atoms with Gasteiger partial charge in [0, 0.05) is 5.56 Å². The van der Waals surface area contributed by atoms with Crippen LogP contribution in [0.5, 0.6) is 5.75 Å². The van der Waals surface area contributed by atoms with Crippen molar-refractivity contribution in [2.24, 2.45) is 0 Å². The van der Waals surface area contributed by atoms with Crippen molar-refractivity contribution >= 4 is 0 Å². The maximum Gasteiger partial charge on any atom is 0.118 e. The van der Waals surface area contributed by atoms with Crippen molar-refractivity contribution in [3.05, 3.63) is 29.8 Å². The standard InChI is InChI=1S/C12H10O2/c1-14-12-8-6-11(7-9-12)5-3-2-4-10-13/h6-9,13H,10H2,1H3. The molecule has 0 atom stereocenters. The molecule has 0 saturated carbocycles. The molecule has 0 radical (unpaired) electrons. The molecule has 14 heavy (non-hydrogen) atoms. The van der Waals surface area contributed by atoms with Gasteiger partial charge in [-0.2, -0.15) is 0 Å². The minimum atomic E-state index is -0.155. The van der Waals surface area contributed by atoms with E-state index < -0.39 is 0 Å². The largest absolute Gasteiger partial charge is 0.497 e. The predicted octanol–water partition coefficient (Wildman–Crippen LogP) is 1.04. The number of methoxy groups -OCH3 is 1. The minimum absolute atomic E-state index is 0.155. The zero-order valence-corrected chi connectivity index (χ0v) is 7.87. The number of ether oxygens (including phenoxy) is 1. The predicted molar refractivity (Wildman–Crippen MR) is 54.7 cm³/mol. The molecule has 0 aliphatic carbocycles. The van der Waals surface area contributed by atoms with Gasteiger partial charge >= 0.3 is 0 Å². The lowest BCUT2D eigenvalue weighted by Crippen LogP contribution is -1.81. The lowest BCUT2D eigenvalue weighted by atomic mass is 10.2. The molecule has 2 heteroatoms. The average molecular weight is 186 g/mol. The van der Waals surface area contributed by atoms with Crippen LogP contribution in [-0.4, -0.2) is 18.8 Å². The first kappa shape index (κ1) is 10.2. The summed E-state index contributed by atoms with van der Waals surface area (Å²) >= 11 is 0. The topological polar surface area (TPSA) is 29.5 Å². The Balaban J connectivity index is 2.71. The van der Waals surface area contributed by atoms with Gasteiger partial charge in [-0.1, -0.05) is 11.8 Å². The summed E-state index contributed by atoms with van der Waals surface area (Å²) in [7, 11) is 1.62. The fraction of sp³-hybridized carbons (Fsp3) is 0.167. The Labute approximate surface area is 83.5 Å². The SMILES string of the molecule is COc1ccc(C#CC#CCO)cc1. The highest BCUT2D eigenvalue weighted by Crippen LogP contribution is 2.09. The zero-order chi connectivity index (χ0) is 10.2. The van der Waals surface area contributed by atoms with Crippen molar-refractivity contribution in [1.29, 1.82) is 0 Å². The Morgan fingerprint density at radius 3 is 2.50 bits per heavy atom. The first-order valence-electron chi connectivity index (χ1n) is 4.10. The number of aliphatic hydroxyl groups is 1. The summed E-state index contributed by atoms with van der Waals surface area (Å²) < 4.78 is 5.00. The highest BCUT2D eigenvalue weighted by atomic mass is 16.5. The maximum absolute atomic E-state index is 8.37. The van der Waals surface area contributed by atoms with E-state index in [4.69, 9.17) is 9.84 Å². The molecule has 1 N–H and O–H groups in total. The quantitative estimate of drug-likeness (QED) is 0.664. The van der Waals surface area contributed by atoms with Gasteiger partial charge in [0.1, 0.15) is 12.4 Å². The summed E-state index contributed by atoms with van der Waals surface area (Å²) in [5.74, 6) is 11.2. The minimum Gasteiger partial charge on any atom is -0.497 e.